The molecule has 0 aliphatic carbocycles. The van der Waals surface area contributed by atoms with E-state index < -0.39 is 0 Å². The zero-order valence-corrected chi connectivity index (χ0v) is 16.8. The molecule has 0 heterocycles. The van der Waals surface area contributed by atoms with Gasteiger partial charge in [0.15, 0.2) is 0 Å². The van der Waals surface area contributed by atoms with Crippen LogP contribution in [0.1, 0.15) is 16.7 Å². The molecule has 26 heavy (non-hydrogen) atoms. The topological polar surface area (TPSA) is 21.3 Å². The Morgan fingerprint density at radius 2 is 1.69 bits per heavy atom. The first kappa shape index (κ1) is 19.0. The van der Waals surface area contributed by atoms with Crippen LogP contribution in [0.15, 0.2) is 77.3 Å². The first-order valence-corrected chi connectivity index (χ1v) is 9.78. The molecule has 0 unspecified atom stereocenters. The Kier molecular flexibility index (Phi) is 7.13. The number of rotatable bonds is 8. The smallest absolute Gasteiger partial charge is 0.124 e. The first-order chi connectivity index (χ1) is 12.7. The Morgan fingerprint density at radius 3 is 2.50 bits per heavy atom. The third-order valence-electron chi connectivity index (χ3n) is 4.05. The van der Waals surface area contributed by atoms with E-state index in [-0.39, 0.29) is 0 Å². The molecule has 4 heteroatoms. The fourth-order valence-corrected chi connectivity index (χ4v) is 3.34. The Hall–Kier alpha value is -1.81. The summed E-state index contributed by atoms with van der Waals surface area (Å²) < 4.78 is 7.08. The summed E-state index contributed by atoms with van der Waals surface area (Å²) in [5.74, 6) is 0.889. The highest BCUT2D eigenvalue weighted by atomic mass is 79.9. The quantitative estimate of drug-likeness (QED) is 0.442. The van der Waals surface area contributed by atoms with Crippen LogP contribution in [0.25, 0.3) is 0 Å². The van der Waals surface area contributed by atoms with E-state index in [1.54, 1.807) is 0 Å². The number of benzene rings is 3. The van der Waals surface area contributed by atoms with Crippen molar-refractivity contribution in [2.45, 2.75) is 19.6 Å². The number of halogens is 2. The van der Waals surface area contributed by atoms with Crippen molar-refractivity contribution in [2.75, 3.05) is 6.54 Å². The number of hydrogen-bond acceptors (Lipinski definition) is 2. The molecule has 134 valence electrons. The van der Waals surface area contributed by atoms with Gasteiger partial charge in [-0.25, -0.2) is 0 Å². The van der Waals surface area contributed by atoms with Gasteiger partial charge in [0.2, 0.25) is 0 Å². The second-order valence-electron chi connectivity index (χ2n) is 6.08. The summed E-state index contributed by atoms with van der Waals surface area (Å²) >= 11 is 9.59. The molecular weight excluding hydrogens is 410 g/mol. The summed E-state index contributed by atoms with van der Waals surface area (Å²) in [5, 5.41) is 4.23. The van der Waals surface area contributed by atoms with Gasteiger partial charge >= 0.3 is 0 Å². The number of ether oxygens (including phenoxy) is 1. The fourth-order valence-electron chi connectivity index (χ4n) is 2.72. The predicted octanol–water partition coefficient (Wildman–Crippen LogP) is 6.01. The monoisotopic (exact) mass is 429 g/mol. The number of hydrogen-bond donors (Lipinski definition) is 1. The molecule has 0 amide bonds. The molecule has 0 saturated carbocycles. The summed E-state index contributed by atoms with van der Waals surface area (Å²) in [5.41, 5.74) is 3.53. The van der Waals surface area contributed by atoms with Crippen molar-refractivity contribution in [2.24, 2.45) is 0 Å². The van der Waals surface area contributed by atoms with Crippen molar-refractivity contribution in [3.63, 3.8) is 0 Å². The van der Waals surface area contributed by atoms with Gasteiger partial charge in [-0.15, -0.1) is 0 Å². The SMILES string of the molecule is Clc1cccc(COc2ccc(Br)cc2CNCCc2ccccc2)c1. The van der Waals surface area contributed by atoms with E-state index in [2.05, 4.69) is 51.6 Å². The lowest BCUT2D eigenvalue weighted by molar-refractivity contribution is 0.302. The van der Waals surface area contributed by atoms with E-state index in [1.165, 1.54) is 5.56 Å². The maximum absolute atomic E-state index is 6.04. The second kappa shape index (κ2) is 9.77. The lowest BCUT2D eigenvalue weighted by atomic mass is 10.1. The van der Waals surface area contributed by atoms with Crippen LogP contribution >= 0.6 is 27.5 Å². The van der Waals surface area contributed by atoms with Crippen molar-refractivity contribution in [3.05, 3.63) is 99.0 Å². The average Bonchev–Trinajstić information content (AvgIpc) is 2.65. The van der Waals surface area contributed by atoms with Crippen LogP contribution in [0, 0.1) is 0 Å². The van der Waals surface area contributed by atoms with Crippen LogP contribution in [0.3, 0.4) is 0 Å². The van der Waals surface area contributed by atoms with Gasteiger partial charge in [0.25, 0.3) is 0 Å². The lowest BCUT2D eigenvalue weighted by Gasteiger charge is -2.13. The van der Waals surface area contributed by atoms with Crippen LogP contribution in [0.4, 0.5) is 0 Å². The van der Waals surface area contributed by atoms with Crippen molar-refractivity contribution >= 4 is 27.5 Å². The van der Waals surface area contributed by atoms with Crippen molar-refractivity contribution in [3.8, 4) is 5.75 Å². The van der Waals surface area contributed by atoms with Crippen LogP contribution in [0.5, 0.6) is 5.75 Å². The highest BCUT2D eigenvalue weighted by Gasteiger charge is 2.06. The van der Waals surface area contributed by atoms with Crippen molar-refractivity contribution in [1.29, 1.82) is 0 Å². The van der Waals surface area contributed by atoms with E-state index in [0.717, 1.165) is 45.9 Å². The van der Waals surface area contributed by atoms with Crippen molar-refractivity contribution in [1.82, 2.24) is 5.32 Å². The molecule has 0 bridgehead atoms. The standard InChI is InChI=1S/C22H21BrClNO/c23-20-9-10-22(26-16-18-7-4-8-21(24)13-18)19(14-20)15-25-12-11-17-5-2-1-3-6-17/h1-10,13-14,25H,11-12,15-16H2. The van der Waals surface area contributed by atoms with Crippen LogP contribution in [0.2, 0.25) is 5.02 Å². The summed E-state index contributed by atoms with van der Waals surface area (Å²) in [6.45, 7) is 2.18. The van der Waals surface area contributed by atoms with Gasteiger partial charge in [-0.1, -0.05) is 70.0 Å². The molecule has 0 atom stereocenters. The molecule has 0 saturated heterocycles. The zero-order chi connectivity index (χ0) is 18.2. The fraction of sp³-hybridized carbons (Fsp3) is 0.182. The van der Waals surface area contributed by atoms with Gasteiger partial charge in [-0.05, 0) is 54.4 Å². The minimum absolute atomic E-state index is 0.499. The highest BCUT2D eigenvalue weighted by Crippen LogP contribution is 2.24. The van der Waals surface area contributed by atoms with Crippen molar-refractivity contribution < 1.29 is 4.74 Å². The minimum atomic E-state index is 0.499. The minimum Gasteiger partial charge on any atom is -0.489 e. The van der Waals surface area contributed by atoms with Gasteiger partial charge < -0.3 is 10.1 Å². The van der Waals surface area contributed by atoms with E-state index in [0.29, 0.717) is 6.61 Å². The summed E-state index contributed by atoms with van der Waals surface area (Å²) in [7, 11) is 0. The zero-order valence-electron chi connectivity index (χ0n) is 14.4. The van der Waals surface area contributed by atoms with Gasteiger partial charge in [-0.3, -0.25) is 0 Å². The molecular formula is C22H21BrClNO. The molecule has 1 N–H and O–H groups in total. The highest BCUT2D eigenvalue weighted by molar-refractivity contribution is 9.10. The number of nitrogens with one attached hydrogen (secondary N) is 1. The molecule has 3 aromatic carbocycles. The molecule has 0 spiro atoms. The van der Waals surface area contributed by atoms with E-state index in [9.17, 15) is 0 Å². The third-order valence-corrected chi connectivity index (χ3v) is 4.78. The van der Waals surface area contributed by atoms with Crippen LogP contribution < -0.4 is 10.1 Å². The van der Waals surface area contributed by atoms with Crippen LogP contribution in [-0.4, -0.2) is 6.54 Å². The Balaban J connectivity index is 1.57. The molecule has 2 nitrogen and oxygen atoms in total. The molecule has 0 aliphatic heterocycles. The Morgan fingerprint density at radius 1 is 0.885 bits per heavy atom. The molecule has 0 aromatic heterocycles. The van der Waals surface area contributed by atoms with Gasteiger partial charge in [0.1, 0.15) is 12.4 Å². The summed E-state index contributed by atoms with van der Waals surface area (Å²) in [6, 6.07) is 24.4. The maximum atomic E-state index is 6.04. The summed E-state index contributed by atoms with van der Waals surface area (Å²) in [6.07, 6.45) is 1.01. The lowest BCUT2D eigenvalue weighted by Crippen LogP contribution is -2.17. The average molecular weight is 431 g/mol. The maximum Gasteiger partial charge on any atom is 0.124 e. The Bertz CT molecular complexity index is 839. The van der Waals surface area contributed by atoms with E-state index >= 15 is 0 Å². The molecule has 0 radical (unpaired) electrons. The van der Waals surface area contributed by atoms with Gasteiger partial charge in [-0.2, -0.15) is 0 Å². The van der Waals surface area contributed by atoms with Crippen LogP contribution in [-0.2, 0) is 19.6 Å². The third kappa shape index (κ3) is 5.87. The largest absolute Gasteiger partial charge is 0.489 e. The summed E-state index contributed by atoms with van der Waals surface area (Å²) in [4.78, 5) is 0. The van der Waals surface area contributed by atoms with Gasteiger partial charge in [0.05, 0.1) is 0 Å². The molecule has 0 aliphatic rings. The van der Waals surface area contributed by atoms with Gasteiger partial charge in [0, 0.05) is 21.6 Å². The molecule has 0 fully saturated rings. The molecule has 3 rings (SSSR count). The van der Waals surface area contributed by atoms with E-state index in [1.807, 2.05) is 42.5 Å². The Labute approximate surface area is 168 Å². The molecule has 3 aromatic rings. The van der Waals surface area contributed by atoms with E-state index in [4.69, 9.17) is 16.3 Å². The normalized spacial score (nSPS) is 10.7. The second-order valence-corrected chi connectivity index (χ2v) is 7.44. The first-order valence-electron chi connectivity index (χ1n) is 8.61. The predicted molar refractivity (Wildman–Crippen MR) is 112 cm³/mol.